The Balaban J connectivity index is 1.51. The third-order valence-corrected chi connectivity index (χ3v) is 6.69. The SMILES string of the molecule is CCN1CCN(c2ccc(F)cc2C(C)NC(=O)CSCC(=O)Nc2cccc(C)c2)CC1. The highest BCUT2D eigenvalue weighted by Gasteiger charge is 2.22. The fraction of sp³-hybridized carbons (Fsp3) is 0.440. The van der Waals surface area contributed by atoms with E-state index in [-0.39, 0.29) is 35.2 Å². The number of nitrogens with zero attached hydrogens (tertiary/aromatic N) is 2. The second-order valence-electron chi connectivity index (χ2n) is 8.32. The first-order valence-electron chi connectivity index (χ1n) is 11.4. The summed E-state index contributed by atoms with van der Waals surface area (Å²) in [6.45, 7) is 10.7. The van der Waals surface area contributed by atoms with Crippen molar-refractivity contribution in [2.24, 2.45) is 0 Å². The molecule has 6 nitrogen and oxygen atoms in total. The van der Waals surface area contributed by atoms with E-state index in [4.69, 9.17) is 0 Å². The quantitative estimate of drug-likeness (QED) is 0.581. The largest absolute Gasteiger partial charge is 0.369 e. The number of aryl methyl sites for hydroxylation is 1. The van der Waals surface area contributed by atoms with Crippen molar-refractivity contribution in [2.45, 2.75) is 26.8 Å². The van der Waals surface area contributed by atoms with Crippen LogP contribution in [0, 0.1) is 12.7 Å². The molecule has 1 fully saturated rings. The summed E-state index contributed by atoms with van der Waals surface area (Å²) in [4.78, 5) is 29.3. The van der Waals surface area contributed by atoms with Gasteiger partial charge in [0.05, 0.1) is 17.5 Å². The number of piperazine rings is 1. The van der Waals surface area contributed by atoms with E-state index in [1.54, 1.807) is 6.07 Å². The first kappa shape index (κ1) is 25.1. The normalized spacial score (nSPS) is 15.2. The Kier molecular flexibility index (Phi) is 9.14. The van der Waals surface area contributed by atoms with E-state index in [0.717, 1.165) is 55.2 Å². The van der Waals surface area contributed by atoms with Crippen LogP contribution in [0.1, 0.15) is 31.0 Å². The van der Waals surface area contributed by atoms with Gasteiger partial charge >= 0.3 is 0 Å². The number of amides is 2. The molecule has 1 heterocycles. The summed E-state index contributed by atoms with van der Waals surface area (Å²) >= 11 is 1.25. The van der Waals surface area contributed by atoms with E-state index >= 15 is 0 Å². The molecule has 0 bridgehead atoms. The van der Waals surface area contributed by atoms with Gasteiger partial charge in [0.2, 0.25) is 11.8 Å². The standard InChI is InChI=1S/C25H33FN4O2S/c1-4-29-10-12-30(13-11-29)23-9-8-20(26)15-22(23)19(3)27-24(31)16-33-17-25(32)28-21-7-5-6-18(2)14-21/h5-9,14-15,19H,4,10-13,16-17H2,1-3H3,(H,27,31)(H,28,32). The van der Waals surface area contributed by atoms with Crippen LogP contribution < -0.4 is 15.5 Å². The number of anilines is 2. The molecule has 0 aromatic heterocycles. The van der Waals surface area contributed by atoms with Crippen molar-refractivity contribution < 1.29 is 14.0 Å². The second kappa shape index (κ2) is 12.0. The molecule has 1 aliphatic rings. The van der Waals surface area contributed by atoms with Crippen LogP contribution in [-0.4, -0.2) is 60.9 Å². The molecule has 1 unspecified atom stereocenters. The predicted molar refractivity (Wildman–Crippen MR) is 134 cm³/mol. The van der Waals surface area contributed by atoms with Crippen molar-refractivity contribution in [3.05, 3.63) is 59.4 Å². The summed E-state index contributed by atoms with van der Waals surface area (Å²) in [7, 11) is 0. The van der Waals surface area contributed by atoms with Gasteiger partial charge in [-0.25, -0.2) is 4.39 Å². The first-order valence-corrected chi connectivity index (χ1v) is 12.5. The van der Waals surface area contributed by atoms with Crippen LogP contribution in [0.15, 0.2) is 42.5 Å². The zero-order valence-electron chi connectivity index (χ0n) is 19.6. The van der Waals surface area contributed by atoms with Gasteiger partial charge in [-0.2, -0.15) is 0 Å². The van der Waals surface area contributed by atoms with E-state index in [1.165, 1.54) is 23.9 Å². The molecular weight excluding hydrogens is 439 g/mol. The molecule has 1 atom stereocenters. The molecule has 2 amide bonds. The third kappa shape index (κ3) is 7.47. The number of carbonyl (C=O) groups excluding carboxylic acids is 2. The van der Waals surface area contributed by atoms with Crippen molar-refractivity contribution in [2.75, 3.05) is 54.4 Å². The van der Waals surface area contributed by atoms with Gasteiger partial charge in [-0.05, 0) is 56.3 Å². The summed E-state index contributed by atoms with van der Waals surface area (Å²) < 4.78 is 14.0. The maximum Gasteiger partial charge on any atom is 0.234 e. The van der Waals surface area contributed by atoms with Gasteiger partial charge in [-0.3, -0.25) is 9.59 Å². The Morgan fingerprint density at radius 3 is 2.48 bits per heavy atom. The number of halogens is 1. The van der Waals surface area contributed by atoms with Crippen molar-refractivity contribution in [3.63, 3.8) is 0 Å². The van der Waals surface area contributed by atoms with Crippen LogP contribution in [0.2, 0.25) is 0 Å². The number of carbonyl (C=O) groups is 2. The summed E-state index contributed by atoms with van der Waals surface area (Å²) in [5, 5.41) is 5.80. The summed E-state index contributed by atoms with van der Waals surface area (Å²) in [5.41, 5.74) is 3.55. The highest BCUT2D eigenvalue weighted by molar-refractivity contribution is 8.00. The number of nitrogens with one attached hydrogen (secondary N) is 2. The van der Waals surface area contributed by atoms with Crippen molar-refractivity contribution in [1.29, 1.82) is 0 Å². The van der Waals surface area contributed by atoms with Gasteiger partial charge < -0.3 is 20.4 Å². The Morgan fingerprint density at radius 2 is 1.79 bits per heavy atom. The highest BCUT2D eigenvalue weighted by Crippen LogP contribution is 2.28. The smallest absolute Gasteiger partial charge is 0.234 e. The summed E-state index contributed by atoms with van der Waals surface area (Å²) in [6, 6.07) is 12.0. The molecule has 0 aliphatic carbocycles. The maximum absolute atomic E-state index is 14.0. The Labute approximate surface area is 199 Å². The van der Waals surface area contributed by atoms with E-state index in [2.05, 4.69) is 27.4 Å². The van der Waals surface area contributed by atoms with Gasteiger partial charge in [-0.15, -0.1) is 11.8 Å². The van der Waals surface area contributed by atoms with Gasteiger partial charge in [0.25, 0.3) is 0 Å². The molecule has 2 N–H and O–H groups in total. The van der Waals surface area contributed by atoms with Crippen LogP contribution in [0.5, 0.6) is 0 Å². The van der Waals surface area contributed by atoms with Gasteiger partial charge in [0.15, 0.2) is 0 Å². The molecule has 3 rings (SSSR count). The molecule has 33 heavy (non-hydrogen) atoms. The Hall–Kier alpha value is -2.58. The molecule has 2 aromatic rings. The number of likely N-dealkylation sites (N-methyl/N-ethyl adjacent to an activating group) is 1. The van der Waals surface area contributed by atoms with E-state index in [0.29, 0.717) is 0 Å². The van der Waals surface area contributed by atoms with Crippen LogP contribution in [0.3, 0.4) is 0 Å². The molecular formula is C25H33FN4O2S. The second-order valence-corrected chi connectivity index (χ2v) is 9.31. The number of hydrogen-bond donors (Lipinski definition) is 2. The molecule has 8 heteroatoms. The Morgan fingerprint density at radius 1 is 1.06 bits per heavy atom. The average Bonchev–Trinajstić information content (AvgIpc) is 2.79. The maximum atomic E-state index is 14.0. The highest BCUT2D eigenvalue weighted by atomic mass is 32.2. The predicted octanol–water partition coefficient (Wildman–Crippen LogP) is 3.83. The molecule has 1 aliphatic heterocycles. The van der Waals surface area contributed by atoms with Crippen molar-refractivity contribution in [1.82, 2.24) is 10.2 Å². The van der Waals surface area contributed by atoms with Gasteiger partial charge in [-0.1, -0.05) is 19.1 Å². The number of benzene rings is 2. The topological polar surface area (TPSA) is 64.7 Å². The zero-order valence-corrected chi connectivity index (χ0v) is 20.4. The lowest BCUT2D eigenvalue weighted by molar-refractivity contribution is -0.119. The van der Waals surface area contributed by atoms with Crippen molar-refractivity contribution >= 4 is 35.0 Å². The minimum Gasteiger partial charge on any atom is -0.369 e. The van der Waals surface area contributed by atoms with Crippen LogP contribution in [0.25, 0.3) is 0 Å². The minimum absolute atomic E-state index is 0.148. The van der Waals surface area contributed by atoms with Gasteiger partial charge in [0, 0.05) is 43.1 Å². The summed E-state index contributed by atoms with van der Waals surface area (Å²) in [6.07, 6.45) is 0. The summed E-state index contributed by atoms with van der Waals surface area (Å²) in [5.74, 6) is -0.301. The fourth-order valence-corrected chi connectivity index (χ4v) is 4.61. The molecule has 1 saturated heterocycles. The lowest BCUT2D eigenvalue weighted by atomic mass is 10.0. The van der Waals surface area contributed by atoms with Crippen molar-refractivity contribution in [3.8, 4) is 0 Å². The molecule has 0 spiro atoms. The Bertz CT molecular complexity index is 963. The number of hydrogen-bond acceptors (Lipinski definition) is 5. The lowest BCUT2D eigenvalue weighted by Crippen LogP contribution is -2.46. The molecule has 178 valence electrons. The third-order valence-electron chi connectivity index (χ3n) is 5.76. The molecule has 0 saturated carbocycles. The fourth-order valence-electron chi connectivity index (χ4n) is 3.98. The molecule has 0 radical (unpaired) electrons. The van der Waals surface area contributed by atoms with Crippen LogP contribution in [0.4, 0.5) is 15.8 Å². The zero-order chi connectivity index (χ0) is 23.8. The minimum atomic E-state index is -0.339. The number of thioether (sulfide) groups is 1. The van der Waals surface area contributed by atoms with Gasteiger partial charge in [0.1, 0.15) is 5.82 Å². The van der Waals surface area contributed by atoms with Crippen LogP contribution >= 0.6 is 11.8 Å². The van der Waals surface area contributed by atoms with E-state index in [1.807, 2.05) is 38.1 Å². The van der Waals surface area contributed by atoms with Crippen LogP contribution in [-0.2, 0) is 9.59 Å². The number of rotatable bonds is 9. The first-order chi connectivity index (χ1) is 15.9. The lowest BCUT2D eigenvalue weighted by Gasteiger charge is -2.37. The monoisotopic (exact) mass is 472 g/mol. The molecule has 2 aromatic carbocycles. The van der Waals surface area contributed by atoms with E-state index < -0.39 is 0 Å². The average molecular weight is 473 g/mol. The van der Waals surface area contributed by atoms with E-state index in [9.17, 15) is 14.0 Å².